The van der Waals surface area contributed by atoms with E-state index >= 15 is 0 Å². The molecule has 1 aliphatic rings. The van der Waals surface area contributed by atoms with Crippen LogP contribution >= 0.6 is 27.7 Å². The van der Waals surface area contributed by atoms with Crippen LogP contribution in [0.25, 0.3) is 0 Å². The van der Waals surface area contributed by atoms with Gasteiger partial charge in [0.2, 0.25) is 0 Å². The molecule has 0 saturated heterocycles. The molecule has 1 aliphatic carbocycles. The molecule has 1 aromatic rings. The van der Waals surface area contributed by atoms with E-state index in [-0.39, 0.29) is 0 Å². The van der Waals surface area contributed by atoms with Crippen molar-refractivity contribution in [3.05, 3.63) is 22.8 Å². The molecule has 2 rings (SSSR count). The minimum absolute atomic E-state index is 0.296. The van der Waals surface area contributed by atoms with Crippen LogP contribution in [0.15, 0.2) is 27.8 Å². The van der Waals surface area contributed by atoms with Gasteiger partial charge in [-0.2, -0.15) is 0 Å². The van der Waals surface area contributed by atoms with Gasteiger partial charge in [0.25, 0.3) is 0 Å². The number of nitrogens with zero attached hydrogens (tertiary/aromatic N) is 1. The van der Waals surface area contributed by atoms with E-state index in [1.165, 1.54) is 6.42 Å². The molecule has 0 aromatic carbocycles. The Labute approximate surface area is 116 Å². The van der Waals surface area contributed by atoms with Crippen molar-refractivity contribution in [1.82, 2.24) is 4.98 Å². The molecule has 1 saturated carbocycles. The number of rotatable bonds is 2. The average molecular weight is 315 g/mol. The number of hydrogen-bond acceptors (Lipinski definition) is 3. The molecular weight excluding hydrogens is 296 g/mol. The van der Waals surface area contributed by atoms with Crippen molar-refractivity contribution in [1.29, 1.82) is 0 Å². The lowest BCUT2D eigenvalue weighted by Crippen LogP contribution is -2.42. The van der Waals surface area contributed by atoms with E-state index in [4.69, 9.17) is 5.73 Å². The lowest BCUT2D eigenvalue weighted by Gasteiger charge is -2.37. The molecule has 0 spiro atoms. The molecule has 0 bridgehead atoms. The number of nitrogens with two attached hydrogens (primary N) is 1. The van der Waals surface area contributed by atoms with Gasteiger partial charge >= 0.3 is 0 Å². The molecule has 0 radical (unpaired) electrons. The van der Waals surface area contributed by atoms with Crippen LogP contribution in [0.4, 0.5) is 0 Å². The summed E-state index contributed by atoms with van der Waals surface area (Å²) in [6, 6.07) is 4.40. The number of pyridine rings is 1. The minimum atomic E-state index is 0.296. The zero-order chi connectivity index (χ0) is 12.4. The molecule has 2 N–H and O–H groups in total. The third-order valence-corrected chi connectivity index (χ3v) is 5.43. The fraction of sp³-hybridized carbons (Fsp3) is 0.615. The van der Waals surface area contributed by atoms with Gasteiger partial charge in [-0.1, -0.05) is 13.8 Å². The summed E-state index contributed by atoms with van der Waals surface area (Å²) in [4.78, 5) is 4.42. The molecule has 4 atom stereocenters. The number of hydrogen-bond donors (Lipinski definition) is 1. The third kappa shape index (κ3) is 3.46. The van der Waals surface area contributed by atoms with E-state index in [2.05, 4.69) is 40.8 Å². The lowest BCUT2D eigenvalue weighted by molar-refractivity contribution is 0.279. The Kier molecular flexibility index (Phi) is 4.50. The van der Waals surface area contributed by atoms with Crippen LogP contribution in [0.3, 0.4) is 0 Å². The first-order valence-electron chi connectivity index (χ1n) is 6.10. The van der Waals surface area contributed by atoms with Crippen molar-refractivity contribution in [2.24, 2.45) is 17.6 Å². The first kappa shape index (κ1) is 13.4. The van der Waals surface area contributed by atoms with E-state index < -0.39 is 0 Å². The molecule has 1 heterocycles. The third-order valence-electron chi connectivity index (χ3n) is 3.39. The van der Waals surface area contributed by atoms with E-state index in [0.717, 1.165) is 21.8 Å². The maximum Gasteiger partial charge on any atom is 0.0964 e. The van der Waals surface area contributed by atoms with Gasteiger partial charge in [0.05, 0.1) is 5.03 Å². The zero-order valence-corrected chi connectivity index (χ0v) is 12.7. The Hall–Kier alpha value is -0.0600. The van der Waals surface area contributed by atoms with Crippen molar-refractivity contribution >= 4 is 27.7 Å². The van der Waals surface area contributed by atoms with Crippen LogP contribution in [-0.4, -0.2) is 16.3 Å². The molecule has 4 unspecified atom stereocenters. The van der Waals surface area contributed by atoms with E-state index in [1.807, 2.05) is 24.0 Å². The fourth-order valence-corrected chi connectivity index (χ4v) is 4.06. The van der Waals surface area contributed by atoms with E-state index in [9.17, 15) is 0 Å². The smallest absolute Gasteiger partial charge is 0.0964 e. The van der Waals surface area contributed by atoms with Crippen molar-refractivity contribution in [3.8, 4) is 0 Å². The predicted molar refractivity (Wildman–Crippen MR) is 77.1 cm³/mol. The Morgan fingerprint density at radius 1 is 1.35 bits per heavy atom. The molecule has 0 amide bonds. The van der Waals surface area contributed by atoms with Gasteiger partial charge in [-0.05, 0) is 52.7 Å². The largest absolute Gasteiger partial charge is 0.327 e. The summed E-state index contributed by atoms with van der Waals surface area (Å²) in [6.45, 7) is 4.61. The predicted octanol–water partition coefficient (Wildman–Crippen LogP) is 3.70. The van der Waals surface area contributed by atoms with Crippen molar-refractivity contribution in [3.63, 3.8) is 0 Å². The second-order valence-corrected chi connectivity index (χ2v) is 7.23. The maximum absolute atomic E-state index is 6.28. The zero-order valence-electron chi connectivity index (χ0n) is 10.3. The van der Waals surface area contributed by atoms with Gasteiger partial charge in [-0.15, -0.1) is 11.8 Å². The van der Waals surface area contributed by atoms with Crippen LogP contribution in [-0.2, 0) is 0 Å². The Balaban J connectivity index is 2.04. The van der Waals surface area contributed by atoms with Crippen LogP contribution in [0.5, 0.6) is 0 Å². The summed E-state index contributed by atoms with van der Waals surface area (Å²) in [7, 11) is 0. The highest BCUT2D eigenvalue weighted by Gasteiger charge is 2.32. The standard InChI is InChI=1S/C13H19BrN2S/c1-8-5-9(2)13(11(15)6-8)17-12-4-3-10(14)7-16-12/h3-4,7-9,11,13H,5-6,15H2,1-2H3. The van der Waals surface area contributed by atoms with Gasteiger partial charge in [-0.25, -0.2) is 4.98 Å². The second-order valence-electron chi connectivity index (χ2n) is 5.11. The summed E-state index contributed by atoms with van der Waals surface area (Å²) in [5, 5.41) is 1.58. The topological polar surface area (TPSA) is 38.9 Å². The summed E-state index contributed by atoms with van der Waals surface area (Å²) < 4.78 is 1.02. The number of halogens is 1. The van der Waals surface area contributed by atoms with Gasteiger partial charge in [0, 0.05) is 22.0 Å². The van der Waals surface area contributed by atoms with Crippen molar-refractivity contribution in [2.75, 3.05) is 0 Å². The summed E-state index contributed by atoms with van der Waals surface area (Å²) in [5.41, 5.74) is 6.28. The monoisotopic (exact) mass is 314 g/mol. The molecule has 94 valence electrons. The highest BCUT2D eigenvalue weighted by molar-refractivity contribution is 9.10. The Bertz CT molecular complexity index is 356. The van der Waals surface area contributed by atoms with E-state index in [1.54, 1.807) is 0 Å². The van der Waals surface area contributed by atoms with Crippen molar-refractivity contribution < 1.29 is 0 Å². The van der Waals surface area contributed by atoms with Gasteiger partial charge < -0.3 is 5.73 Å². The van der Waals surface area contributed by atoms with E-state index in [0.29, 0.717) is 17.2 Å². The molecule has 2 nitrogen and oxygen atoms in total. The average Bonchev–Trinajstić information content (AvgIpc) is 2.26. The van der Waals surface area contributed by atoms with Crippen LogP contribution < -0.4 is 5.73 Å². The maximum atomic E-state index is 6.28. The highest BCUT2D eigenvalue weighted by atomic mass is 79.9. The summed E-state index contributed by atoms with van der Waals surface area (Å²) >= 11 is 5.24. The Morgan fingerprint density at radius 3 is 2.71 bits per heavy atom. The first-order chi connectivity index (χ1) is 8.06. The highest BCUT2D eigenvalue weighted by Crippen LogP contribution is 2.38. The normalized spacial score (nSPS) is 33.6. The van der Waals surface area contributed by atoms with Gasteiger partial charge in [-0.3, -0.25) is 0 Å². The van der Waals surface area contributed by atoms with Crippen LogP contribution in [0, 0.1) is 11.8 Å². The quantitative estimate of drug-likeness (QED) is 0.904. The molecular formula is C13H19BrN2S. The Morgan fingerprint density at radius 2 is 2.12 bits per heavy atom. The summed E-state index contributed by atoms with van der Waals surface area (Å²) in [6.07, 6.45) is 4.27. The first-order valence-corrected chi connectivity index (χ1v) is 7.77. The number of aromatic nitrogens is 1. The molecule has 1 aromatic heterocycles. The fourth-order valence-electron chi connectivity index (χ4n) is 2.66. The SMILES string of the molecule is CC1CC(C)C(Sc2ccc(Br)cn2)C(N)C1. The molecule has 1 fully saturated rings. The van der Waals surface area contributed by atoms with Gasteiger partial charge in [0.15, 0.2) is 0 Å². The molecule has 4 heteroatoms. The molecule has 17 heavy (non-hydrogen) atoms. The number of thioether (sulfide) groups is 1. The summed E-state index contributed by atoms with van der Waals surface area (Å²) in [5.74, 6) is 1.43. The lowest BCUT2D eigenvalue weighted by atomic mass is 9.80. The van der Waals surface area contributed by atoms with Crippen LogP contribution in [0.2, 0.25) is 0 Å². The van der Waals surface area contributed by atoms with Crippen LogP contribution in [0.1, 0.15) is 26.7 Å². The second kappa shape index (κ2) is 5.72. The minimum Gasteiger partial charge on any atom is -0.327 e. The molecule has 0 aliphatic heterocycles. The van der Waals surface area contributed by atoms with Gasteiger partial charge in [0.1, 0.15) is 0 Å². The van der Waals surface area contributed by atoms with Crippen molar-refractivity contribution in [2.45, 2.75) is 43.0 Å².